The molecule has 0 atom stereocenters. The fourth-order valence-electron chi connectivity index (χ4n) is 10.3. The second-order valence-corrected chi connectivity index (χ2v) is 22.8. The molecule has 0 spiro atoms. The number of nitrogens with one attached hydrogen (secondary N) is 4. The monoisotopic (exact) mass is 1230 g/mol. The van der Waals surface area contributed by atoms with Crippen LogP contribution in [0.25, 0.3) is 49.9 Å². The Morgan fingerprint density at radius 1 is 0.473 bits per heavy atom. The lowest BCUT2D eigenvalue weighted by molar-refractivity contribution is -0.118. The third kappa shape index (κ3) is 15.4. The van der Waals surface area contributed by atoms with E-state index >= 15 is 0 Å². The Labute approximate surface area is 534 Å². The summed E-state index contributed by atoms with van der Waals surface area (Å²) in [5.74, 6) is 4.43. The molecule has 3 fully saturated rings. The van der Waals surface area contributed by atoms with Gasteiger partial charge in [-0.15, -0.1) is 0 Å². The first-order valence-corrected chi connectivity index (χ1v) is 30.8. The highest BCUT2D eigenvalue weighted by Crippen LogP contribution is 2.35. The van der Waals surface area contributed by atoms with Gasteiger partial charge < -0.3 is 35.5 Å². The van der Waals surface area contributed by atoms with Gasteiger partial charge in [-0.2, -0.15) is 20.6 Å². The van der Waals surface area contributed by atoms with E-state index in [0.717, 1.165) is 117 Å². The van der Waals surface area contributed by atoms with Crippen molar-refractivity contribution < 1.29 is 33.4 Å². The highest BCUT2D eigenvalue weighted by molar-refractivity contribution is 5.97. The number of amides is 4. The van der Waals surface area contributed by atoms with Gasteiger partial charge in [-0.05, 0) is 134 Å². The molecule has 3 aliphatic rings. The summed E-state index contributed by atoms with van der Waals surface area (Å²) in [6, 6.07) is 59.7. The first kappa shape index (κ1) is 60.0. The molecule has 8 aromatic heterocycles. The first-order valence-electron chi connectivity index (χ1n) is 30.8. The molecule has 0 saturated heterocycles. The summed E-state index contributed by atoms with van der Waals surface area (Å²) in [6.07, 6.45) is 16.6. The second kappa shape index (κ2) is 27.8. The van der Waals surface area contributed by atoms with Crippen molar-refractivity contribution in [3.8, 4) is 56.7 Å². The number of benzene rings is 4. The summed E-state index contributed by atoms with van der Waals surface area (Å²) < 4.78 is 22.6. The molecule has 20 nitrogen and oxygen atoms in total. The number of carbonyl (C=O) groups is 4. The Morgan fingerprint density at radius 2 is 0.914 bits per heavy atom. The van der Waals surface area contributed by atoms with Crippen LogP contribution in [0.1, 0.15) is 65.7 Å². The van der Waals surface area contributed by atoms with Crippen molar-refractivity contribution in [3.63, 3.8) is 0 Å². The summed E-state index contributed by atoms with van der Waals surface area (Å²) in [5, 5.41) is 33.8. The number of hydrogen-bond donors (Lipinski definition) is 4. The van der Waals surface area contributed by atoms with Crippen LogP contribution in [0.3, 0.4) is 0 Å². The van der Waals surface area contributed by atoms with Gasteiger partial charge in [0.25, 0.3) is 5.91 Å². The van der Waals surface area contributed by atoms with Gasteiger partial charge in [-0.3, -0.25) is 24.2 Å². The lowest BCUT2D eigenvalue weighted by atomic mass is 10.0. The van der Waals surface area contributed by atoms with Gasteiger partial charge in [0.2, 0.25) is 17.7 Å². The summed E-state index contributed by atoms with van der Waals surface area (Å²) in [5.41, 5.74) is 11.7. The smallest absolute Gasteiger partial charge is 0.251 e. The zero-order valence-electron chi connectivity index (χ0n) is 50.5. The zero-order chi connectivity index (χ0) is 63.5. The minimum atomic E-state index is -0.147. The summed E-state index contributed by atoms with van der Waals surface area (Å²) in [7, 11) is 0. The maximum Gasteiger partial charge on any atom is 0.251 e. The molecule has 4 N–H and O–H groups in total. The molecule has 8 heterocycles. The molecule has 0 bridgehead atoms. The lowest BCUT2D eigenvalue weighted by Gasteiger charge is -2.09. The van der Waals surface area contributed by atoms with Gasteiger partial charge >= 0.3 is 0 Å². The number of nitrogens with zero attached hydrogens (tertiary/aromatic N) is 9. The normalized spacial score (nSPS) is 13.1. The van der Waals surface area contributed by atoms with E-state index in [-0.39, 0.29) is 41.4 Å². The van der Waals surface area contributed by atoms with Gasteiger partial charge in [0.05, 0.1) is 23.1 Å². The molecule has 3 aliphatic carbocycles. The SMILES string of the molecule is N#Cc1ccc(COc2ccc(-c3cccn4nc(NC(=O)C5CC5)cc34)cc2)cn1.O=C(NCCOc1ccccc1)c1ccc(-c2cccn3nc(NC(=O)C4CC4)cc23)cc1.O=C(Nc1cc2c(-c3ccc(OCc4cccnc4)cc3)cccn2n1)C1CC1. The number of pyridine rings is 5. The Hall–Kier alpha value is -12.0. The van der Waals surface area contributed by atoms with Gasteiger partial charge in [0.1, 0.15) is 48.8 Å². The van der Waals surface area contributed by atoms with E-state index in [0.29, 0.717) is 55.1 Å². The van der Waals surface area contributed by atoms with E-state index < -0.39 is 0 Å². The van der Waals surface area contributed by atoms with Gasteiger partial charge in [-0.25, -0.2) is 18.5 Å². The molecule has 20 heteroatoms. The van der Waals surface area contributed by atoms with Crippen molar-refractivity contribution in [2.45, 2.75) is 51.7 Å². The molecule has 4 aromatic carbocycles. The molecule has 462 valence electrons. The van der Waals surface area contributed by atoms with Crippen molar-refractivity contribution in [3.05, 3.63) is 242 Å². The Kier molecular flexibility index (Phi) is 17.9. The van der Waals surface area contributed by atoms with E-state index in [2.05, 4.69) is 52.6 Å². The lowest BCUT2D eigenvalue weighted by Crippen LogP contribution is -2.28. The van der Waals surface area contributed by atoms with Crippen molar-refractivity contribution >= 4 is 57.6 Å². The molecule has 12 aromatic rings. The highest BCUT2D eigenvalue weighted by atomic mass is 16.5. The Morgan fingerprint density at radius 3 is 1.32 bits per heavy atom. The van der Waals surface area contributed by atoms with Gasteiger partial charge in [0, 0.05) is 107 Å². The van der Waals surface area contributed by atoms with Crippen molar-refractivity contribution in [1.29, 1.82) is 5.26 Å². The number of anilines is 3. The molecular weight excluding hydrogens is 1170 g/mol. The van der Waals surface area contributed by atoms with Crippen LogP contribution in [0.2, 0.25) is 0 Å². The number of nitriles is 1. The van der Waals surface area contributed by atoms with Crippen molar-refractivity contribution in [2.75, 3.05) is 29.1 Å². The number of ether oxygens (including phenoxy) is 3. The van der Waals surface area contributed by atoms with Crippen molar-refractivity contribution in [1.82, 2.24) is 44.1 Å². The number of para-hydroxylation sites is 1. The first-order chi connectivity index (χ1) is 45.6. The fraction of sp³-hybridized carbons (Fsp3) is 0.178. The van der Waals surface area contributed by atoms with Crippen LogP contribution < -0.4 is 35.5 Å². The molecule has 0 unspecified atom stereocenters. The number of fused-ring (bicyclic) bond motifs is 3. The molecular formula is C73H63N13O7. The van der Waals surface area contributed by atoms with E-state index in [4.69, 9.17) is 19.5 Å². The standard InChI is InChI=1S/C26H24N4O3.C24H19N5O2.C23H20N4O2/c31-25(27-14-16-33-21-5-2-1-3-6-21)19-10-8-18(9-11-19)22-7-4-15-30-23(22)17-24(29-30)28-26(32)20-12-13-20;25-13-19-8-3-16(14-26-19)15-31-20-9-6-17(7-10-20)21-2-1-11-29-22(21)12-23(28-29)27-24(30)18-4-5-18;28-23(18-5-6-18)25-22-13-21-20(4-2-12-27(21)26-22)17-7-9-19(10-8-17)29-15-16-3-1-11-24-14-16/h1-11,15,17,20H,12-14,16H2,(H,27,31)(H,28,29,32);1-3,6-12,14,18H,4-5,15H2,(H,27,28,30);1-4,7-14,18H,5-6,15H2,(H,25,26,28). The number of carbonyl (C=O) groups excluding carboxylic acids is 4. The predicted octanol–water partition coefficient (Wildman–Crippen LogP) is 12.7. The van der Waals surface area contributed by atoms with Gasteiger partial charge in [0.15, 0.2) is 17.5 Å². The minimum Gasteiger partial charge on any atom is -0.492 e. The van der Waals surface area contributed by atoms with Crippen LogP contribution in [-0.4, -0.2) is 75.6 Å². The van der Waals surface area contributed by atoms with Gasteiger partial charge in [-0.1, -0.05) is 84.9 Å². The molecule has 93 heavy (non-hydrogen) atoms. The van der Waals surface area contributed by atoms with Crippen LogP contribution in [0, 0.1) is 29.1 Å². The summed E-state index contributed by atoms with van der Waals surface area (Å²) >= 11 is 0. The maximum atomic E-state index is 12.5. The maximum absolute atomic E-state index is 12.5. The molecule has 0 aliphatic heterocycles. The van der Waals surface area contributed by atoms with E-state index in [1.54, 1.807) is 50.3 Å². The number of rotatable bonds is 20. The topological polar surface area (TPSA) is 246 Å². The summed E-state index contributed by atoms with van der Waals surface area (Å²) in [4.78, 5) is 56.8. The predicted molar refractivity (Wildman–Crippen MR) is 352 cm³/mol. The average molecular weight is 1230 g/mol. The number of hydrogen-bond acceptors (Lipinski definition) is 13. The third-order valence-corrected chi connectivity index (χ3v) is 15.8. The number of aromatic nitrogens is 8. The average Bonchev–Trinajstić information content (AvgIpc) is 1.84. The van der Waals surface area contributed by atoms with E-state index in [9.17, 15) is 19.2 Å². The minimum absolute atomic E-state index is 0.0319. The van der Waals surface area contributed by atoms with E-state index in [1.165, 1.54) is 0 Å². The third-order valence-electron chi connectivity index (χ3n) is 15.8. The molecule has 15 rings (SSSR count). The fourth-order valence-corrected chi connectivity index (χ4v) is 10.3. The largest absolute Gasteiger partial charge is 0.492 e. The van der Waals surface area contributed by atoms with Crippen LogP contribution in [0.5, 0.6) is 17.2 Å². The molecule has 3 saturated carbocycles. The second-order valence-electron chi connectivity index (χ2n) is 22.8. The van der Waals surface area contributed by atoms with Crippen molar-refractivity contribution in [2.24, 2.45) is 17.8 Å². The molecule has 0 radical (unpaired) electrons. The zero-order valence-corrected chi connectivity index (χ0v) is 50.5. The van der Waals surface area contributed by atoms with Crippen LogP contribution in [-0.2, 0) is 27.6 Å². The Balaban J connectivity index is 0.000000127. The quantitative estimate of drug-likeness (QED) is 0.0519. The van der Waals surface area contributed by atoms with Crippen LogP contribution in [0.4, 0.5) is 17.5 Å². The van der Waals surface area contributed by atoms with Crippen LogP contribution >= 0.6 is 0 Å². The highest BCUT2D eigenvalue weighted by Gasteiger charge is 2.32. The Bertz CT molecular complexity index is 4650. The van der Waals surface area contributed by atoms with Crippen LogP contribution in [0.15, 0.2) is 219 Å². The molecule has 4 amide bonds. The summed E-state index contributed by atoms with van der Waals surface area (Å²) in [6.45, 7) is 1.67. The van der Waals surface area contributed by atoms with E-state index in [1.807, 2.05) is 182 Å².